The lowest BCUT2D eigenvalue weighted by molar-refractivity contribution is 0.167. The van der Waals surface area contributed by atoms with Crippen LogP contribution in [0.25, 0.3) is 0 Å². The third-order valence-corrected chi connectivity index (χ3v) is 6.00. The number of hydrogen-bond donors (Lipinski definition) is 1. The maximum absolute atomic E-state index is 12.2. The monoisotopic (exact) mass is 329 g/mol. The number of hydrogen-bond acceptors (Lipinski definition) is 4. The van der Waals surface area contributed by atoms with Crippen molar-refractivity contribution in [2.24, 2.45) is 5.92 Å². The van der Waals surface area contributed by atoms with Crippen molar-refractivity contribution < 1.29 is 13.2 Å². The number of methoxy groups -OCH3 is 1. The minimum atomic E-state index is -3.63. The molecule has 1 unspecified atom stereocenters. The summed E-state index contributed by atoms with van der Waals surface area (Å²) in [6.07, 6.45) is 2.04. The van der Waals surface area contributed by atoms with Crippen LogP contribution in [-0.4, -0.2) is 28.2 Å². The molecule has 1 atom stereocenters. The van der Waals surface area contributed by atoms with Gasteiger partial charge in [-0.1, -0.05) is 23.2 Å². The van der Waals surface area contributed by atoms with Crippen LogP contribution in [0.5, 0.6) is 0 Å². The van der Waals surface area contributed by atoms with E-state index in [4.69, 9.17) is 27.9 Å². The first-order valence-corrected chi connectivity index (χ1v) is 8.45. The highest BCUT2D eigenvalue weighted by Gasteiger charge is 2.35. The Hall–Kier alpha value is 0.150. The smallest absolute Gasteiger partial charge is 0.243 e. The maximum atomic E-state index is 12.2. The van der Waals surface area contributed by atoms with E-state index in [-0.39, 0.29) is 15.3 Å². The van der Waals surface area contributed by atoms with Crippen molar-refractivity contribution in [3.63, 3.8) is 0 Å². The second-order valence-corrected chi connectivity index (χ2v) is 8.18. The number of ether oxygens (including phenoxy) is 1. The summed E-state index contributed by atoms with van der Waals surface area (Å²) in [6, 6.07) is 1.17. The second kappa shape index (κ2) is 5.64. The highest BCUT2D eigenvalue weighted by Crippen LogP contribution is 2.36. The Morgan fingerprint density at radius 2 is 2.22 bits per heavy atom. The number of rotatable bonds is 6. The van der Waals surface area contributed by atoms with Crippen LogP contribution in [-0.2, 0) is 14.8 Å². The van der Waals surface area contributed by atoms with Gasteiger partial charge in [-0.25, -0.2) is 13.1 Å². The van der Waals surface area contributed by atoms with E-state index >= 15 is 0 Å². The molecule has 4 nitrogen and oxygen atoms in total. The highest BCUT2D eigenvalue weighted by molar-refractivity contribution is 7.89. The van der Waals surface area contributed by atoms with Crippen molar-refractivity contribution in [1.29, 1.82) is 0 Å². The van der Waals surface area contributed by atoms with Crippen LogP contribution in [0.3, 0.4) is 0 Å². The third-order valence-electron chi connectivity index (χ3n) is 2.76. The van der Waals surface area contributed by atoms with Crippen LogP contribution in [0.4, 0.5) is 0 Å². The van der Waals surface area contributed by atoms with Gasteiger partial charge in [-0.15, -0.1) is 11.3 Å². The van der Waals surface area contributed by atoms with Crippen molar-refractivity contribution in [3.05, 3.63) is 14.7 Å². The molecule has 1 aromatic heterocycles. The van der Waals surface area contributed by atoms with Crippen LogP contribution in [0.2, 0.25) is 8.67 Å². The van der Waals surface area contributed by atoms with Crippen LogP contribution in [0.1, 0.15) is 12.8 Å². The molecule has 1 heterocycles. The van der Waals surface area contributed by atoms with E-state index in [2.05, 4.69) is 4.72 Å². The Morgan fingerprint density at radius 1 is 1.56 bits per heavy atom. The Balaban J connectivity index is 2.17. The maximum Gasteiger partial charge on any atom is 0.243 e. The molecule has 1 aromatic rings. The van der Waals surface area contributed by atoms with Gasteiger partial charge in [0.15, 0.2) is 0 Å². The van der Waals surface area contributed by atoms with Crippen LogP contribution >= 0.6 is 34.5 Å². The first-order chi connectivity index (χ1) is 8.44. The predicted octanol–water partition coefficient (Wildman–Crippen LogP) is 2.76. The molecular weight excluding hydrogens is 317 g/mol. The molecule has 102 valence electrons. The fourth-order valence-electron chi connectivity index (χ4n) is 1.72. The van der Waals surface area contributed by atoms with E-state index in [9.17, 15) is 8.42 Å². The van der Waals surface area contributed by atoms with Crippen molar-refractivity contribution >= 4 is 44.6 Å². The molecule has 1 aliphatic carbocycles. The van der Waals surface area contributed by atoms with Gasteiger partial charge >= 0.3 is 0 Å². The molecule has 0 aliphatic heterocycles. The Morgan fingerprint density at radius 3 is 2.67 bits per heavy atom. The summed E-state index contributed by atoms with van der Waals surface area (Å²) >= 11 is 12.7. The van der Waals surface area contributed by atoms with Gasteiger partial charge < -0.3 is 4.74 Å². The summed E-state index contributed by atoms with van der Waals surface area (Å²) in [4.78, 5) is 0.0425. The van der Waals surface area contributed by atoms with Gasteiger partial charge in [0.2, 0.25) is 10.0 Å². The molecule has 0 saturated heterocycles. The summed E-state index contributed by atoms with van der Waals surface area (Å²) < 4.78 is 32.6. The highest BCUT2D eigenvalue weighted by atomic mass is 35.5. The standard InChI is InChI=1S/C10H13Cl2NO3S2/c1-16-5-7(6-2-3-6)13-18(14,15)8-4-9(11)17-10(8)12/h4,6-7,13H,2-3,5H2,1H3. The first kappa shape index (κ1) is 14.6. The SMILES string of the molecule is COCC(NS(=O)(=O)c1cc(Cl)sc1Cl)C1CC1. The molecule has 0 spiro atoms. The van der Waals surface area contributed by atoms with Crippen molar-refractivity contribution in [2.75, 3.05) is 13.7 Å². The molecule has 8 heteroatoms. The number of thiophene rings is 1. The van der Waals surface area contributed by atoms with Gasteiger partial charge in [0.25, 0.3) is 0 Å². The zero-order valence-electron chi connectivity index (χ0n) is 9.65. The Bertz CT molecular complexity index is 525. The fourth-order valence-corrected chi connectivity index (χ4v) is 5.15. The zero-order valence-corrected chi connectivity index (χ0v) is 12.8. The molecule has 1 aliphatic rings. The van der Waals surface area contributed by atoms with Gasteiger partial charge in [0.1, 0.15) is 9.23 Å². The average molecular weight is 330 g/mol. The van der Waals surface area contributed by atoms with E-state index in [1.54, 1.807) is 7.11 Å². The molecule has 18 heavy (non-hydrogen) atoms. The first-order valence-electron chi connectivity index (χ1n) is 5.40. The van der Waals surface area contributed by atoms with Crippen LogP contribution < -0.4 is 4.72 Å². The molecule has 0 radical (unpaired) electrons. The number of halogens is 2. The summed E-state index contributed by atoms with van der Waals surface area (Å²) in [7, 11) is -2.08. The van der Waals surface area contributed by atoms with E-state index in [0.29, 0.717) is 16.9 Å². The zero-order chi connectivity index (χ0) is 13.3. The van der Waals surface area contributed by atoms with E-state index in [0.717, 1.165) is 24.2 Å². The minimum Gasteiger partial charge on any atom is -0.383 e. The van der Waals surface area contributed by atoms with Gasteiger partial charge in [-0.2, -0.15) is 0 Å². The predicted molar refractivity (Wildman–Crippen MR) is 73.0 cm³/mol. The van der Waals surface area contributed by atoms with Crippen molar-refractivity contribution in [2.45, 2.75) is 23.8 Å². The molecular formula is C10H13Cl2NO3S2. The van der Waals surface area contributed by atoms with Crippen molar-refractivity contribution in [3.8, 4) is 0 Å². The quantitative estimate of drug-likeness (QED) is 0.873. The number of nitrogens with one attached hydrogen (secondary N) is 1. The molecule has 1 fully saturated rings. The van der Waals surface area contributed by atoms with Crippen molar-refractivity contribution in [1.82, 2.24) is 4.72 Å². The normalized spacial score (nSPS) is 17.9. The molecule has 2 rings (SSSR count). The molecule has 0 bridgehead atoms. The lowest BCUT2D eigenvalue weighted by atomic mass is 10.2. The molecule has 0 amide bonds. The molecule has 1 N–H and O–H groups in total. The van der Waals surface area contributed by atoms with E-state index in [1.807, 2.05) is 0 Å². The topological polar surface area (TPSA) is 55.4 Å². The van der Waals surface area contributed by atoms with Gasteiger partial charge in [0.05, 0.1) is 10.9 Å². The fraction of sp³-hybridized carbons (Fsp3) is 0.600. The second-order valence-electron chi connectivity index (χ2n) is 4.21. The third kappa shape index (κ3) is 3.37. The summed E-state index contributed by atoms with van der Waals surface area (Å²) in [5.74, 6) is 0.354. The minimum absolute atomic E-state index is 0.0425. The summed E-state index contributed by atoms with van der Waals surface area (Å²) in [5.41, 5.74) is 0. The van der Waals surface area contributed by atoms with Gasteiger partial charge in [0, 0.05) is 13.2 Å². The van der Waals surface area contributed by atoms with Crippen LogP contribution in [0, 0.1) is 5.92 Å². The van der Waals surface area contributed by atoms with E-state index < -0.39 is 10.0 Å². The lowest BCUT2D eigenvalue weighted by Crippen LogP contribution is -2.39. The lowest BCUT2D eigenvalue weighted by Gasteiger charge is -2.16. The van der Waals surface area contributed by atoms with Gasteiger partial charge in [-0.05, 0) is 24.8 Å². The Kier molecular flexibility index (Phi) is 4.57. The average Bonchev–Trinajstić information content (AvgIpc) is 3.03. The largest absolute Gasteiger partial charge is 0.383 e. The molecule has 0 aromatic carbocycles. The molecule has 1 saturated carbocycles. The van der Waals surface area contributed by atoms with Gasteiger partial charge in [-0.3, -0.25) is 0 Å². The summed E-state index contributed by atoms with van der Waals surface area (Å²) in [6.45, 7) is 0.361. The number of sulfonamides is 1. The van der Waals surface area contributed by atoms with Crippen LogP contribution in [0.15, 0.2) is 11.0 Å². The Labute approximate surface area is 120 Å². The summed E-state index contributed by atoms with van der Waals surface area (Å²) in [5, 5.41) is 0. The van der Waals surface area contributed by atoms with E-state index in [1.165, 1.54) is 6.07 Å².